The van der Waals surface area contributed by atoms with Crippen LogP contribution in [-0.2, 0) is 19.5 Å². The first-order valence-corrected chi connectivity index (χ1v) is 15.9. The first kappa shape index (κ1) is 29.1. The summed E-state index contributed by atoms with van der Waals surface area (Å²) in [7, 11) is 1.22. The summed E-state index contributed by atoms with van der Waals surface area (Å²) in [5, 5.41) is 0. The summed E-state index contributed by atoms with van der Waals surface area (Å²) in [6, 6.07) is 11.1. The average Bonchev–Trinajstić information content (AvgIpc) is 3.13. The summed E-state index contributed by atoms with van der Waals surface area (Å²) in [4.78, 5) is 0. The molecule has 0 unspecified atom stereocenters. The molecule has 41 heavy (non-hydrogen) atoms. The van der Waals surface area contributed by atoms with Gasteiger partial charge in [0.1, 0.15) is 11.5 Å². The Labute approximate surface area is 247 Å². The van der Waals surface area contributed by atoms with Crippen LogP contribution in [0.1, 0.15) is 97.1 Å². The van der Waals surface area contributed by atoms with Crippen LogP contribution in [0.4, 0.5) is 0 Å². The molecule has 0 N–H and O–H groups in total. The van der Waals surface area contributed by atoms with Gasteiger partial charge in [0.25, 0.3) is 0 Å². The minimum absolute atomic E-state index is 0.179. The fourth-order valence-corrected chi connectivity index (χ4v) is 8.45. The molecule has 4 aliphatic carbocycles. The second-order valence-electron chi connectivity index (χ2n) is 14.5. The van der Waals surface area contributed by atoms with E-state index in [9.17, 15) is 0 Å². The molecule has 1 aliphatic heterocycles. The molecule has 0 aromatic heterocycles. The largest absolute Gasteiger partial charge is 0.495 e. The van der Waals surface area contributed by atoms with Crippen molar-refractivity contribution in [2.24, 2.45) is 17.8 Å². The molecule has 2 aromatic carbocycles. The highest BCUT2D eigenvalue weighted by molar-refractivity contribution is 6.64. The molecule has 0 spiro atoms. The van der Waals surface area contributed by atoms with Crippen molar-refractivity contribution in [3.8, 4) is 22.6 Å². The van der Waals surface area contributed by atoms with Gasteiger partial charge in [-0.3, -0.25) is 0 Å². The summed E-state index contributed by atoms with van der Waals surface area (Å²) in [6.07, 6.45) is 10.2. The number of methoxy groups -OCH3 is 1. The fraction of sp³-hybridized carbons (Fsp3) is 0.657. The van der Waals surface area contributed by atoms with Crippen molar-refractivity contribution in [2.45, 2.75) is 110 Å². The topological polar surface area (TPSA) is 46.2 Å². The van der Waals surface area contributed by atoms with Crippen molar-refractivity contribution in [1.82, 2.24) is 0 Å². The average molecular weight is 561 g/mol. The lowest BCUT2D eigenvalue weighted by atomic mass is 9.48. The Hall–Kier alpha value is -2.02. The highest BCUT2D eigenvalue weighted by atomic mass is 16.7. The molecular weight excluding hydrogens is 511 g/mol. The van der Waals surface area contributed by atoms with Gasteiger partial charge in [-0.2, -0.15) is 0 Å². The van der Waals surface area contributed by atoms with Gasteiger partial charge in [0.2, 0.25) is 0 Å². The molecule has 7 rings (SSSR count). The molecule has 5 fully saturated rings. The van der Waals surface area contributed by atoms with Crippen molar-refractivity contribution >= 4 is 12.6 Å². The summed E-state index contributed by atoms with van der Waals surface area (Å²) >= 11 is 0. The second kappa shape index (κ2) is 10.9. The highest BCUT2D eigenvalue weighted by Gasteiger charge is 2.54. The third kappa shape index (κ3) is 5.34. The minimum Gasteiger partial charge on any atom is -0.494 e. The van der Waals surface area contributed by atoms with Crippen molar-refractivity contribution < 1.29 is 23.5 Å². The van der Waals surface area contributed by atoms with Crippen molar-refractivity contribution in [2.75, 3.05) is 20.5 Å². The van der Waals surface area contributed by atoms with Gasteiger partial charge >= 0.3 is 7.12 Å². The SMILES string of the molecule is CCCCOc1ccc(B2OC(C)(C)C(C)(C)O2)c(-c2cc(C)cc(C34CC5CC(CC(C5)C3)C4)c2OCOC)c1. The van der Waals surface area contributed by atoms with Crippen LogP contribution < -0.4 is 14.9 Å². The number of hydrogen-bond donors (Lipinski definition) is 0. The standard InChI is InChI=1S/C35H49BO5/c1-8-9-12-38-27-10-11-31(36-40-33(3,4)34(5,6)41-36)28(18-27)29-13-23(2)14-30(32(29)39-22-37-7)35-19-24-15-25(20-35)17-26(16-24)21-35/h10-11,13-14,18,24-26H,8-9,12,15-17,19-22H2,1-7H3. The van der Waals surface area contributed by atoms with E-state index in [1.165, 1.54) is 49.7 Å². The predicted molar refractivity (Wildman–Crippen MR) is 165 cm³/mol. The van der Waals surface area contributed by atoms with Gasteiger partial charge in [0.05, 0.1) is 17.8 Å². The Morgan fingerprint density at radius 3 is 2.07 bits per heavy atom. The van der Waals surface area contributed by atoms with Gasteiger partial charge < -0.3 is 23.5 Å². The van der Waals surface area contributed by atoms with E-state index < -0.39 is 18.3 Å². The van der Waals surface area contributed by atoms with E-state index in [2.05, 4.69) is 71.9 Å². The monoisotopic (exact) mass is 560 g/mol. The van der Waals surface area contributed by atoms with E-state index in [0.29, 0.717) is 6.61 Å². The molecule has 0 amide bonds. The Morgan fingerprint density at radius 2 is 1.49 bits per heavy atom. The number of benzene rings is 2. The fourth-order valence-electron chi connectivity index (χ4n) is 8.45. The first-order chi connectivity index (χ1) is 19.5. The van der Waals surface area contributed by atoms with E-state index in [0.717, 1.165) is 58.7 Å². The molecule has 4 saturated carbocycles. The van der Waals surface area contributed by atoms with Gasteiger partial charge in [-0.05, 0) is 138 Å². The van der Waals surface area contributed by atoms with Crippen LogP contribution in [0.3, 0.4) is 0 Å². The zero-order valence-corrected chi connectivity index (χ0v) is 26.3. The number of aryl methyl sites for hydroxylation is 1. The van der Waals surface area contributed by atoms with E-state index >= 15 is 0 Å². The number of rotatable bonds is 10. The third-order valence-electron chi connectivity index (χ3n) is 10.8. The normalized spacial score (nSPS) is 29.2. The summed E-state index contributed by atoms with van der Waals surface area (Å²) < 4.78 is 31.6. The zero-order chi connectivity index (χ0) is 29.0. The lowest BCUT2D eigenvalue weighted by molar-refractivity contribution is -0.00877. The smallest absolute Gasteiger partial charge is 0.494 e. The molecule has 6 heteroatoms. The lowest BCUT2D eigenvalue weighted by Gasteiger charge is -2.57. The Kier molecular flexibility index (Phi) is 7.74. The zero-order valence-electron chi connectivity index (χ0n) is 26.3. The van der Waals surface area contributed by atoms with E-state index in [1.54, 1.807) is 7.11 Å². The molecule has 222 valence electrons. The van der Waals surface area contributed by atoms with Gasteiger partial charge in [-0.15, -0.1) is 0 Å². The summed E-state index contributed by atoms with van der Waals surface area (Å²) in [5.74, 6) is 4.36. The Balaban J connectivity index is 1.50. The minimum atomic E-state index is -0.488. The van der Waals surface area contributed by atoms with Crippen LogP contribution in [0.25, 0.3) is 11.1 Å². The second-order valence-corrected chi connectivity index (χ2v) is 14.5. The maximum atomic E-state index is 6.61. The van der Waals surface area contributed by atoms with Gasteiger partial charge in [-0.25, -0.2) is 0 Å². The van der Waals surface area contributed by atoms with E-state index in [4.69, 9.17) is 23.5 Å². The maximum absolute atomic E-state index is 6.61. The van der Waals surface area contributed by atoms with Crippen molar-refractivity contribution in [1.29, 1.82) is 0 Å². The maximum Gasteiger partial charge on any atom is 0.495 e. The van der Waals surface area contributed by atoms with Crippen molar-refractivity contribution in [3.05, 3.63) is 41.5 Å². The number of unbranched alkanes of at least 4 members (excludes halogenated alkanes) is 1. The molecule has 1 heterocycles. The first-order valence-electron chi connectivity index (χ1n) is 15.9. The van der Waals surface area contributed by atoms with Crippen LogP contribution in [-0.4, -0.2) is 38.8 Å². The predicted octanol–water partition coefficient (Wildman–Crippen LogP) is 7.59. The van der Waals surface area contributed by atoms with Gasteiger partial charge in [-0.1, -0.05) is 25.5 Å². The van der Waals surface area contributed by atoms with Gasteiger partial charge in [0, 0.05) is 18.2 Å². The van der Waals surface area contributed by atoms with Crippen LogP contribution in [0.5, 0.6) is 11.5 Å². The quantitative estimate of drug-likeness (QED) is 0.170. The molecule has 0 atom stereocenters. The lowest BCUT2D eigenvalue weighted by Crippen LogP contribution is -2.48. The van der Waals surface area contributed by atoms with Gasteiger partial charge in [0.15, 0.2) is 6.79 Å². The third-order valence-corrected chi connectivity index (χ3v) is 10.8. The molecule has 5 nitrogen and oxygen atoms in total. The molecule has 0 radical (unpaired) electrons. The van der Waals surface area contributed by atoms with Crippen LogP contribution in [0.2, 0.25) is 0 Å². The van der Waals surface area contributed by atoms with Crippen molar-refractivity contribution in [3.63, 3.8) is 0 Å². The number of hydrogen-bond acceptors (Lipinski definition) is 5. The molecule has 4 bridgehead atoms. The van der Waals surface area contributed by atoms with E-state index in [-0.39, 0.29) is 12.2 Å². The van der Waals surface area contributed by atoms with E-state index in [1.807, 2.05) is 0 Å². The molecule has 1 saturated heterocycles. The van der Waals surface area contributed by atoms with Crippen LogP contribution >= 0.6 is 0 Å². The number of ether oxygens (including phenoxy) is 3. The molecular formula is C35H49BO5. The molecule has 5 aliphatic rings. The van der Waals surface area contributed by atoms with Crippen LogP contribution in [0.15, 0.2) is 30.3 Å². The molecule has 2 aromatic rings. The van der Waals surface area contributed by atoms with Crippen LogP contribution in [0, 0.1) is 24.7 Å². The summed E-state index contributed by atoms with van der Waals surface area (Å²) in [6.45, 7) is 13.8. The highest BCUT2D eigenvalue weighted by Crippen LogP contribution is 2.62. The Bertz CT molecular complexity index is 1220. The summed E-state index contributed by atoms with van der Waals surface area (Å²) in [5.41, 5.74) is 5.09. The Morgan fingerprint density at radius 1 is 0.854 bits per heavy atom.